The van der Waals surface area contributed by atoms with Crippen LogP contribution in [-0.2, 0) is 9.53 Å². The lowest BCUT2D eigenvalue weighted by atomic mass is 10.2. The zero-order valence-electron chi connectivity index (χ0n) is 11.0. The highest BCUT2D eigenvalue weighted by Crippen LogP contribution is 2.32. The number of carbonyl (C=O) groups excluding carboxylic acids is 2. The van der Waals surface area contributed by atoms with Crippen LogP contribution in [0.3, 0.4) is 0 Å². The Labute approximate surface area is 131 Å². The summed E-state index contributed by atoms with van der Waals surface area (Å²) >= 11 is 9.17. The zero-order chi connectivity index (χ0) is 14.7. The van der Waals surface area contributed by atoms with Crippen molar-refractivity contribution in [3.05, 3.63) is 33.3 Å². The molecule has 1 aliphatic carbocycles. The lowest BCUT2D eigenvalue weighted by Gasteiger charge is -2.13. The van der Waals surface area contributed by atoms with Crippen LogP contribution in [0.5, 0.6) is 0 Å². The average molecular weight is 361 g/mol. The number of rotatable bonds is 5. The number of carbonyl (C=O) groups is 2. The Morgan fingerprint density at radius 2 is 2.20 bits per heavy atom. The third kappa shape index (κ3) is 4.21. The van der Waals surface area contributed by atoms with Crippen LogP contribution in [0.15, 0.2) is 22.7 Å². The van der Waals surface area contributed by atoms with E-state index in [-0.39, 0.29) is 24.1 Å². The topological polar surface area (TPSA) is 55.4 Å². The highest BCUT2D eigenvalue weighted by molar-refractivity contribution is 9.10. The molecule has 0 aromatic heterocycles. The molecule has 1 atom stereocenters. The molecule has 1 aliphatic rings. The van der Waals surface area contributed by atoms with Crippen LogP contribution < -0.4 is 5.32 Å². The van der Waals surface area contributed by atoms with Crippen LogP contribution in [0.4, 0.5) is 0 Å². The summed E-state index contributed by atoms with van der Waals surface area (Å²) in [5.74, 6) is -0.330. The SMILES string of the molecule is C[C@@H](NC(=O)COC(=O)c1cc(Br)ccc1Cl)C1CC1. The summed E-state index contributed by atoms with van der Waals surface area (Å²) in [6.45, 7) is 1.67. The molecule has 0 bridgehead atoms. The minimum Gasteiger partial charge on any atom is -0.452 e. The van der Waals surface area contributed by atoms with Crippen molar-refractivity contribution in [2.75, 3.05) is 6.61 Å². The molecule has 4 nitrogen and oxygen atoms in total. The number of ether oxygens (including phenoxy) is 1. The molecule has 6 heteroatoms. The van der Waals surface area contributed by atoms with Gasteiger partial charge >= 0.3 is 5.97 Å². The quantitative estimate of drug-likeness (QED) is 0.821. The molecular formula is C14H15BrClNO3. The summed E-state index contributed by atoms with van der Waals surface area (Å²) in [6.07, 6.45) is 2.30. The highest BCUT2D eigenvalue weighted by Gasteiger charge is 2.29. The molecular weight excluding hydrogens is 346 g/mol. The van der Waals surface area contributed by atoms with Gasteiger partial charge in [-0.25, -0.2) is 4.79 Å². The van der Waals surface area contributed by atoms with E-state index in [0.717, 1.165) is 17.3 Å². The summed E-state index contributed by atoms with van der Waals surface area (Å²) < 4.78 is 5.69. The molecule has 1 amide bonds. The first-order chi connectivity index (χ1) is 9.47. The van der Waals surface area contributed by atoms with Crippen LogP contribution in [-0.4, -0.2) is 24.5 Å². The van der Waals surface area contributed by atoms with Crippen LogP contribution in [0.25, 0.3) is 0 Å². The van der Waals surface area contributed by atoms with Gasteiger partial charge in [0.25, 0.3) is 5.91 Å². The van der Waals surface area contributed by atoms with E-state index >= 15 is 0 Å². The normalized spacial score (nSPS) is 15.6. The second-order valence-electron chi connectivity index (χ2n) is 4.89. The van der Waals surface area contributed by atoms with E-state index in [1.54, 1.807) is 18.2 Å². The van der Waals surface area contributed by atoms with Gasteiger partial charge in [-0.3, -0.25) is 4.79 Å². The van der Waals surface area contributed by atoms with E-state index in [9.17, 15) is 9.59 Å². The predicted molar refractivity (Wildman–Crippen MR) is 79.8 cm³/mol. The van der Waals surface area contributed by atoms with Crippen molar-refractivity contribution in [1.82, 2.24) is 5.32 Å². The monoisotopic (exact) mass is 359 g/mol. The van der Waals surface area contributed by atoms with Gasteiger partial charge in [0.15, 0.2) is 6.61 Å². The van der Waals surface area contributed by atoms with Crippen molar-refractivity contribution in [3.8, 4) is 0 Å². The first kappa shape index (κ1) is 15.3. The van der Waals surface area contributed by atoms with E-state index < -0.39 is 5.97 Å². The first-order valence-corrected chi connectivity index (χ1v) is 7.56. The molecule has 0 spiro atoms. The molecule has 0 unspecified atom stereocenters. The lowest BCUT2D eigenvalue weighted by Crippen LogP contribution is -2.37. The third-order valence-corrected chi connectivity index (χ3v) is 4.02. The maximum Gasteiger partial charge on any atom is 0.340 e. The van der Waals surface area contributed by atoms with Crippen molar-refractivity contribution in [2.45, 2.75) is 25.8 Å². The summed E-state index contributed by atoms with van der Waals surface area (Å²) in [5, 5.41) is 3.11. The molecule has 1 N–H and O–H groups in total. The van der Waals surface area contributed by atoms with E-state index in [2.05, 4.69) is 21.2 Å². The Balaban J connectivity index is 1.85. The number of halogens is 2. The molecule has 0 radical (unpaired) electrons. The van der Waals surface area contributed by atoms with Crippen LogP contribution in [0.2, 0.25) is 5.02 Å². The van der Waals surface area contributed by atoms with Gasteiger partial charge in [-0.1, -0.05) is 27.5 Å². The molecule has 1 saturated carbocycles. The Hall–Kier alpha value is -1.07. The minimum absolute atomic E-state index is 0.135. The second kappa shape index (κ2) is 6.59. The predicted octanol–water partition coefficient (Wildman–Crippen LogP) is 3.17. The van der Waals surface area contributed by atoms with Crippen molar-refractivity contribution in [1.29, 1.82) is 0 Å². The lowest BCUT2D eigenvalue weighted by molar-refractivity contribution is -0.124. The Morgan fingerprint density at radius 3 is 2.85 bits per heavy atom. The first-order valence-electron chi connectivity index (χ1n) is 6.39. The maximum absolute atomic E-state index is 11.8. The number of amides is 1. The zero-order valence-corrected chi connectivity index (χ0v) is 13.3. The fraction of sp³-hybridized carbons (Fsp3) is 0.429. The van der Waals surface area contributed by atoms with Gasteiger partial charge < -0.3 is 10.1 Å². The molecule has 1 aromatic rings. The summed E-state index contributed by atoms with van der Waals surface area (Å²) in [4.78, 5) is 23.5. The van der Waals surface area contributed by atoms with Gasteiger partial charge in [0.2, 0.25) is 0 Å². The fourth-order valence-corrected chi connectivity index (χ4v) is 2.43. The third-order valence-electron chi connectivity index (χ3n) is 3.20. The van der Waals surface area contributed by atoms with Crippen molar-refractivity contribution >= 4 is 39.4 Å². The van der Waals surface area contributed by atoms with E-state index in [0.29, 0.717) is 10.9 Å². The molecule has 0 heterocycles. The second-order valence-corrected chi connectivity index (χ2v) is 6.22. The number of esters is 1. The van der Waals surface area contributed by atoms with Gasteiger partial charge in [0, 0.05) is 10.5 Å². The summed E-state index contributed by atoms with van der Waals surface area (Å²) in [7, 11) is 0. The van der Waals surface area contributed by atoms with Crippen molar-refractivity contribution in [2.24, 2.45) is 5.92 Å². The number of hydrogen-bond acceptors (Lipinski definition) is 3. The summed E-state index contributed by atoms with van der Waals surface area (Å²) in [5.41, 5.74) is 0.240. The minimum atomic E-state index is -0.606. The Bertz CT molecular complexity index is 531. The molecule has 1 fully saturated rings. The van der Waals surface area contributed by atoms with E-state index in [1.807, 2.05) is 6.92 Å². The van der Waals surface area contributed by atoms with Crippen molar-refractivity contribution in [3.63, 3.8) is 0 Å². The van der Waals surface area contributed by atoms with Gasteiger partial charge in [0.1, 0.15) is 0 Å². The highest BCUT2D eigenvalue weighted by atomic mass is 79.9. The van der Waals surface area contributed by atoms with Gasteiger partial charge in [-0.15, -0.1) is 0 Å². The molecule has 0 aliphatic heterocycles. The van der Waals surface area contributed by atoms with Crippen LogP contribution >= 0.6 is 27.5 Å². The van der Waals surface area contributed by atoms with Crippen LogP contribution in [0.1, 0.15) is 30.1 Å². The Kier molecular flexibility index (Phi) is 5.05. The van der Waals surface area contributed by atoms with E-state index in [1.165, 1.54) is 0 Å². The molecule has 1 aromatic carbocycles. The van der Waals surface area contributed by atoms with Gasteiger partial charge in [-0.2, -0.15) is 0 Å². The molecule has 108 valence electrons. The van der Waals surface area contributed by atoms with Crippen LogP contribution in [0, 0.1) is 5.92 Å². The number of benzene rings is 1. The number of hydrogen-bond donors (Lipinski definition) is 1. The molecule has 20 heavy (non-hydrogen) atoms. The van der Waals surface area contributed by atoms with E-state index in [4.69, 9.17) is 16.3 Å². The van der Waals surface area contributed by atoms with Gasteiger partial charge in [0.05, 0.1) is 10.6 Å². The van der Waals surface area contributed by atoms with Crippen molar-refractivity contribution < 1.29 is 14.3 Å². The number of nitrogens with one attached hydrogen (secondary N) is 1. The Morgan fingerprint density at radius 1 is 1.50 bits per heavy atom. The largest absolute Gasteiger partial charge is 0.452 e. The molecule has 0 saturated heterocycles. The smallest absolute Gasteiger partial charge is 0.340 e. The van der Waals surface area contributed by atoms with Gasteiger partial charge in [-0.05, 0) is 43.9 Å². The molecule has 2 rings (SSSR count). The summed E-state index contributed by atoms with van der Waals surface area (Å²) in [6, 6.07) is 5.02. The maximum atomic E-state index is 11.8. The average Bonchev–Trinajstić information content (AvgIpc) is 3.23. The fourth-order valence-electron chi connectivity index (χ4n) is 1.87. The standard InChI is InChI=1S/C14H15BrClNO3/c1-8(9-2-3-9)17-13(18)7-20-14(19)11-6-10(15)4-5-12(11)16/h4-6,8-9H,2-3,7H2,1H3,(H,17,18)/t8-/m1/s1.